The average molecular weight is 287 g/mol. The van der Waals surface area contributed by atoms with Crippen LogP contribution in [0.5, 0.6) is 0 Å². The lowest BCUT2D eigenvalue weighted by Gasteiger charge is -2.34. The molecule has 0 spiro atoms. The van der Waals surface area contributed by atoms with Crippen LogP contribution in [0.25, 0.3) is 10.9 Å². The number of rotatable bonds is 3. The number of aromatic nitrogens is 2. The number of anilines is 1. The number of benzene rings is 1. The summed E-state index contributed by atoms with van der Waals surface area (Å²) in [5.41, 5.74) is 7.81. The van der Waals surface area contributed by atoms with Gasteiger partial charge < -0.3 is 15.5 Å². The second-order valence-electron chi connectivity index (χ2n) is 5.53. The fraction of sp³-hybridized carbons (Fsp3) is 0.467. The number of likely N-dealkylation sites (N-methyl/N-ethyl adjacent to an activating group) is 1. The number of nitrogens with zero attached hydrogens (tertiary/aromatic N) is 4. The van der Waals surface area contributed by atoms with Gasteiger partial charge in [0.15, 0.2) is 0 Å². The molecule has 1 aromatic carbocycles. The standard InChI is InChI=1S/C15H21N5O/c1-3-20-10-12-13(19-8-6-18(2)7-9-19)5-4-11(15(16)21)14(12)17-20/h4-5,10H,3,6-9H2,1-2H3,(H2,16,21). The summed E-state index contributed by atoms with van der Waals surface area (Å²) in [4.78, 5) is 16.3. The maximum Gasteiger partial charge on any atom is 0.250 e. The van der Waals surface area contributed by atoms with Gasteiger partial charge >= 0.3 is 0 Å². The van der Waals surface area contributed by atoms with E-state index in [-0.39, 0.29) is 0 Å². The molecule has 1 amide bonds. The van der Waals surface area contributed by atoms with Crippen LogP contribution in [0.15, 0.2) is 18.3 Å². The highest BCUT2D eigenvalue weighted by atomic mass is 16.1. The molecule has 3 rings (SSSR count). The highest BCUT2D eigenvalue weighted by Crippen LogP contribution is 2.29. The Bertz CT molecular complexity index is 670. The van der Waals surface area contributed by atoms with E-state index < -0.39 is 5.91 Å². The lowest BCUT2D eigenvalue weighted by atomic mass is 10.1. The second kappa shape index (κ2) is 5.37. The highest BCUT2D eigenvalue weighted by molar-refractivity contribution is 6.08. The van der Waals surface area contributed by atoms with E-state index in [2.05, 4.69) is 21.9 Å². The minimum absolute atomic E-state index is 0.425. The smallest absolute Gasteiger partial charge is 0.250 e. The molecule has 0 atom stereocenters. The zero-order chi connectivity index (χ0) is 15.0. The van der Waals surface area contributed by atoms with Crippen LogP contribution in [0.2, 0.25) is 0 Å². The van der Waals surface area contributed by atoms with E-state index in [1.54, 1.807) is 6.07 Å². The van der Waals surface area contributed by atoms with Crippen molar-refractivity contribution in [3.8, 4) is 0 Å². The van der Waals surface area contributed by atoms with Gasteiger partial charge in [-0.05, 0) is 26.1 Å². The number of primary amides is 1. The van der Waals surface area contributed by atoms with Crippen LogP contribution in [0.4, 0.5) is 5.69 Å². The Balaban J connectivity index is 2.09. The summed E-state index contributed by atoms with van der Waals surface area (Å²) in [6.07, 6.45) is 2.01. The van der Waals surface area contributed by atoms with E-state index >= 15 is 0 Å². The van der Waals surface area contributed by atoms with Gasteiger partial charge in [0.05, 0.1) is 5.56 Å². The summed E-state index contributed by atoms with van der Waals surface area (Å²) in [5, 5.41) is 5.51. The minimum atomic E-state index is -0.425. The molecule has 0 aliphatic carbocycles. The van der Waals surface area contributed by atoms with Crippen molar-refractivity contribution in [1.29, 1.82) is 0 Å². The lowest BCUT2D eigenvalue weighted by molar-refractivity contribution is 0.100. The maximum absolute atomic E-state index is 11.6. The van der Waals surface area contributed by atoms with Gasteiger partial charge in [-0.25, -0.2) is 0 Å². The molecule has 0 unspecified atom stereocenters. The number of hydrogen-bond donors (Lipinski definition) is 1. The normalized spacial score (nSPS) is 16.6. The van der Waals surface area contributed by atoms with Gasteiger partial charge in [0.25, 0.3) is 5.91 Å². The molecule has 0 bridgehead atoms. The first-order chi connectivity index (χ1) is 10.1. The van der Waals surface area contributed by atoms with E-state index in [1.807, 2.05) is 23.9 Å². The third kappa shape index (κ3) is 2.47. The van der Waals surface area contributed by atoms with Crippen molar-refractivity contribution >= 4 is 22.5 Å². The van der Waals surface area contributed by atoms with Crippen molar-refractivity contribution in [3.05, 3.63) is 23.9 Å². The Morgan fingerprint density at radius 2 is 2.00 bits per heavy atom. The van der Waals surface area contributed by atoms with Crippen LogP contribution in [-0.2, 0) is 6.54 Å². The second-order valence-corrected chi connectivity index (χ2v) is 5.53. The summed E-state index contributed by atoms with van der Waals surface area (Å²) < 4.78 is 1.86. The van der Waals surface area contributed by atoms with E-state index in [0.29, 0.717) is 11.1 Å². The maximum atomic E-state index is 11.6. The molecule has 21 heavy (non-hydrogen) atoms. The Kier molecular flexibility index (Phi) is 3.55. The first kappa shape index (κ1) is 13.9. The molecule has 0 radical (unpaired) electrons. The lowest BCUT2D eigenvalue weighted by Crippen LogP contribution is -2.44. The monoisotopic (exact) mass is 287 g/mol. The summed E-state index contributed by atoms with van der Waals surface area (Å²) in [7, 11) is 2.14. The Morgan fingerprint density at radius 3 is 2.62 bits per heavy atom. The Labute approximate surface area is 124 Å². The number of piperazine rings is 1. The first-order valence-corrected chi connectivity index (χ1v) is 7.33. The van der Waals surface area contributed by atoms with E-state index in [4.69, 9.17) is 5.73 Å². The van der Waals surface area contributed by atoms with E-state index in [9.17, 15) is 4.79 Å². The van der Waals surface area contributed by atoms with E-state index in [0.717, 1.165) is 43.8 Å². The highest BCUT2D eigenvalue weighted by Gasteiger charge is 2.20. The Morgan fingerprint density at radius 1 is 1.29 bits per heavy atom. The molecule has 1 aromatic heterocycles. The van der Waals surface area contributed by atoms with Gasteiger partial charge in [-0.1, -0.05) is 0 Å². The van der Waals surface area contributed by atoms with Gasteiger partial charge in [0, 0.05) is 50.0 Å². The predicted molar refractivity (Wildman–Crippen MR) is 83.6 cm³/mol. The van der Waals surface area contributed by atoms with Gasteiger partial charge in [-0.2, -0.15) is 5.10 Å². The quantitative estimate of drug-likeness (QED) is 0.911. The number of amides is 1. The number of carbonyl (C=O) groups is 1. The first-order valence-electron chi connectivity index (χ1n) is 7.33. The van der Waals surface area contributed by atoms with Crippen molar-refractivity contribution in [1.82, 2.24) is 14.7 Å². The number of aryl methyl sites for hydroxylation is 1. The van der Waals surface area contributed by atoms with Crippen molar-refractivity contribution in [2.75, 3.05) is 38.1 Å². The topological polar surface area (TPSA) is 67.4 Å². The molecule has 6 heteroatoms. The van der Waals surface area contributed by atoms with Gasteiger partial charge in [0.1, 0.15) is 5.52 Å². The molecule has 2 aromatic rings. The van der Waals surface area contributed by atoms with Crippen molar-refractivity contribution in [2.45, 2.75) is 13.5 Å². The van der Waals surface area contributed by atoms with Crippen LogP contribution in [0.1, 0.15) is 17.3 Å². The van der Waals surface area contributed by atoms with Crippen LogP contribution < -0.4 is 10.6 Å². The van der Waals surface area contributed by atoms with Crippen LogP contribution in [-0.4, -0.2) is 53.8 Å². The van der Waals surface area contributed by atoms with Crippen LogP contribution >= 0.6 is 0 Å². The number of fused-ring (bicyclic) bond motifs is 1. The molecule has 1 aliphatic heterocycles. The summed E-state index contributed by atoms with van der Waals surface area (Å²) in [6.45, 7) is 6.86. The SMILES string of the molecule is CCn1cc2c(N3CCN(C)CC3)ccc(C(N)=O)c2n1. The fourth-order valence-corrected chi connectivity index (χ4v) is 2.82. The number of carbonyl (C=O) groups excluding carboxylic acids is 1. The number of nitrogens with two attached hydrogens (primary N) is 1. The molecule has 1 saturated heterocycles. The van der Waals surface area contributed by atoms with Crippen molar-refractivity contribution in [3.63, 3.8) is 0 Å². The summed E-state index contributed by atoms with van der Waals surface area (Å²) >= 11 is 0. The van der Waals surface area contributed by atoms with Crippen molar-refractivity contribution in [2.24, 2.45) is 5.73 Å². The third-order valence-electron chi connectivity index (χ3n) is 4.13. The zero-order valence-corrected chi connectivity index (χ0v) is 12.5. The van der Waals surface area contributed by atoms with Crippen LogP contribution in [0, 0.1) is 0 Å². The molecule has 2 heterocycles. The van der Waals surface area contributed by atoms with Gasteiger partial charge in [-0.15, -0.1) is 0 Å². The fourth-order valence-electron chi connectivity index (χ4n) is 2.82. The summed E-state index contributed by atoms with van der Waals surface area (Å²) in [6, 6.07) is 3.79. The van der Waals surface area contributed by atoms with Crippen molar-refractivity contribution < 1.29 is 4.79 Å². The van der Waals surface area contributed by atoms with Crippen LogP contribution in [0.3, 0.4) is 0 Å². The number of hydrogen-bond acceptors (Lipinski definition) is 4. The molecular weight excluding hydrogens is 266 g/mol. The van der Waals surface area contributed by atoms with Gasteiger partial charge in [-0.3, -0.25) is 9.48 Å². The molecule has 1 aliphatic rings. The third-order valence-corrected chi connectivity index (χ3v) is 4.13. The molecule has 6 nitrogen and oxygen atoms in total. The Hall–Kier alpha value is -2.08. The molecule has 0 saturated carbocycles. The minimum Gasteiger partial charge on any atom is -0.368 e. The zero-order valence-electron chi connectivity index (χ0n) is 12.5. The molecule has 2 N–H and O–H groups in total. The van der Waals surface area contributed by atoms with Gasteiger partial charge in [0.2, 0.25) is 0 Å². The largest absolute Gasteiger partial charge is 0.368 e. The average Bonchev–Trinajstić information content (AvgIpc) is 2.91. The van der Waals surface area contributed by atoms with E-state index in [1.165, 1.54) is 0 Å². The summed E-state index contributed by atoms with van der Waals surface area (Å²) in [5.74, 6) is -0.425. The molecule has 112 valence electrons. The molecule has 1 fully saturated rings. The molecular formula is C15H21N5O. The predicted octanol–water partition coefficient (Wildman–Crippen LogP) is 0.907.